The minimum Gasteiger partial charge on any atom is -0.444 e. The Morgan fingerprint density at radius 2 is 1.73 bits per heavy atom. The zero-order chi connectivity index (χ0) is 11.7. The SMILES string of the molecule is C1CCOCC1.CNC(=O)OC(C)(C)C. The molecule has 1 fully saturated rings. The molecule has 0 unspecified atom stereocenters. The first-order chi connectivity index (χ1) is 6.95. The Hall–Kier alpha value is -0.770. The average molecular weight is 217 g/mol. The Morgan fingerprint density at radius 3 is 1.87 bits per heavy atom. The van der Waals surface area contributed by atoms with Gasteiger partial charge in [-0.3, -0.25) is 0 Å². The lowest BCUT2D eigenvalue weighted by molar-refractivity contribution is 0.0541. The fourth-order valence-corrected chi connectivity index (χ4v) is 1.02. The number of alkyl carbamates (subject to hydrolysis) is 1. The molecule has 1 heterocycles. The number of carbonyl (C=O) groups excluding carboxylic acids is 1. The molecule has 1 amide bonds. The van der Waals surface area contributed by atoms with Gasteiger partial charge in [0, 0.05) is 20.3 Å². The monoisotopic (exact) mass is 217 g/mol. The largest absolute Gasteiger partial charge is 0.444 e. The smallest absolute Gasteiger partial charge is 0.407 e. The van der Waals surface area contributed by atoms with Gasteiger partial charge in [-0.05, 0) is 40.0 Å². The van der Waals surface area contributed by atoms with Gasteiger partial charge in [0.25, 0.3) is 0 Å². The van der Waals surface area contributed by atoms with Crippen molar-refractivity contribution in [3.8, 4) is 0 Å². The maximum absolute atomic E-state index is 10.5. The summed E-state index contributed by atoms with van der Waals surface area (Å²) in [5.74, 6) is 0. The Bertz CT molecular complexity index is 160. The van der Waals surface area contributed by atoms with Crippen molar-refractivity contribution >= 4 is 6.09 Å². The van der Waals surface area contributed by atoms with Crippen molar-refractivity contribution in [1.29, 1.82) is 0 Å². The van der Waals surface area contributed by atoms with E-state index >= 15 is 0 Å². The van der Waals surface area contributed by atoms with Crippen LogP contribution in [0.4, 0.5) is 4.79 Å². The van der Waals surface area contributed by atoms with Crippen molar-refractivity contribution in [3.05, 3.63) is 0 Å². The summed E-state index contributed by atoms with van der Waals surface area (Å²) in [6, 6.07) is 0. The molecule has 0 saturated carbocycles. The molecule has 0 bridgehead atoms. The van der Waals surface area contributed by atoms with Crippen LogP contribution in [0.2, 0.25) is 0 Å². The second-order valence-corrected chi connectivity index (χ2v) is 4.42. The van der Waals surface area contributed by atoms with Gasteiger partial charge in [0.05, 0.1) is 0 Å². The summed E-state index contributed by atoms with van der Waals surface area (Å²) < 4.78 is 9.91. The van der Waals surface area contributed by atoms with E-state index in [0.29, 0.717) is 0 Å². The summed E-state index contributed by atoms with van der Waals surface area (Å²) in [6.45, 7) is 7.46. The molecule has 15 heavy (non-hydrogen) atoms. The number of ether oxygens (including phenoxy) is 2. The average Bonchev–Trinajstić information content (AvgIpc) is 2.19. The molecular formula is C11H23NO3. The molecule has 0 atom stereocenters. The standard InChI is InChI=1S/C6H13NO2.C5H10O/c1-6(2,3)9-5(8)7-4;1-2-4-6-5-3-1/h1-4H3,(H,7,8);1-5H2. The predicted molar refractivity (Wildman–Crippen MR) is 60.0 cm³/mol. The highest BCUT2D eigenvalue weighted by Gasteiger charge is 2.13. The van der Waals surface area contributed by atoms with Crippen LogP contribution in [-0.2, 0) is 9.47 Å². The molecule has 1 N–H and O–H groups in total. The maximum atomic E-state index is 10.5. The van der Waals surface area contributed by atoms with Gasteiger partial charge < -0.3 is 14.8 Å². The molecule has 0 aromatic heterocycles. The first-order valence-corrected chi connectivity index (χ1v) is 5.44. The molecule has 4 nitrogen and oxygen atoms in total. The maximum Gasteiger partial charge on any atom is 0.407 e. The van der Waals surface area contributed by atoms with Crippen LogP contribution in [0.1, 0.15) is 40.0 Å². The predicted octanol–water partition coefficient (Wildman–Crippen LogP) is 2.33. The van der Waals surface area contributed by atoms with E-state index in [9.17, 15) is 4.79 Å². The molecule has 0 aromatic carbocycles. The molecule has 0 spiro atoms. The van der Waals surface area contributed by atoms with E-state index in [1.165, 1.54) is 26.3 Å². The highest BCUT2D eigenvalue weighted by Crippen LogP contribution is 2.05. The van der Waals surface area contributed by atoms with Crippen molar-refractivity contribution < 1.29 is 14.3 Å². The van der Waals surface area contributed by atoms with Gasteiger partial charge in [-0.15, -0.1) is 0 Å². The highest BCUT2D eigenvalue weighted by atomic mass is 16.6. The normalized spacial score (nSPS) is 16.0. The van der Waals surface area contributed by atoms with Gasteiger partial charge in [0.1, 0.15) is 5.60 Å². The fraction of sp³-hybridized carbons (Fsp3) is 0.909. The molecule has 1 aliphatic rings. The Morgan fingerprint density at radius 1 is 1.20 bits per heavy atom. The first-order valence-electron chi connectivity index (χ1n) is 5.44. The van der Waals surface area contributed by atoms with E-state index in [2.05, 4.69) is 5.32 Å². The van der Waals surface area contributed by atoms with Gasteiger partial charge in [0.15, 0.2) is 0 Å². The van der Waals surface area contributed by atoms with E-state index in [1.807, 2.05) is 20.8 Å². The number of amides is 1. The number of nitrogens with one attached hydrogen (secondary N) is 1. The molecule has 1 saturated heterocycles. The van der Waals surface area contributed by atoms with E-state index in [1.54, 1.807) is 0 Å². The number of carbonyl (C=O) groups is 1. The summed E-state index contributed by atoms with van der Waals surface area (Å²) >= 11 is 0. The van der Waals surface area contributed by atoms with E-state index in [-0.39, 0.29) is 11.7 Å². The lowest BCUT2D eigenvalue weighted by atomic mass is 10.2. The van der Waals surface area contributed by atoms with E-state index in [0.717, 1.165) is 13.2 Å². The zero-order valence-corrected chi connectivity index (χ0v) is 10.3. The fourth-order valence-electron chi connectivity index (χ4n) is 1.02. The van der Waals surface area contributed by atoms with Crippen LogP contribution in [0, 0.1) is 0 Å². The molecule has 0 radical (unpaired) electrons. The van der Waals surface area contributed by atoms with Gasteiger partial charge in [-0.2, -0.15) is 0 Å². The first kappa shape index (κ1) is 14.2. The Labute approximate surface area is 92.3 Å². The van der Waals surface area contributed by atoms with Gasteiger partial charge >= 0.3 is 6.09 Å². The Balaban J connectivity index is 0.000000280. The number of hydrogen-bond donors (Lipinski definition) is 1. The minimum atomic E-state index is -0.389. The van der Waals surface area contributed by atoms with E-state index in [4.69, 9.17) is 9.47 Å². The van der Waals surface area contributed by atoms with Gasteiger partial charge in [-0.25, -0.2) is 4.79 Å². The molecule has 4 heteroatoms. The van der Waals surface area contributed by atoms with Crippen molar-refractivity contribution in [2.24, 2.45) is 0 Å². The van der Waals surface area contributed by atoms with Crippen LogP contribution in [-0.4, -0.2) is 32.0 Å². The van der Waals surface area contributed by atoms with E-state index < -0.39 is 0 Å². The second kappa shape index (κ2) is 7.51. The summed E-state index contributed by atoms with van der Waals surface area (Å²) in [6.07, 6.45) is 3.54. The van der Waals surface area contributed by atoms with Crippen LogP contribution in [0.15, 0.2) is 0 Å². The summed E-state index contributed by atoms with van der Waals surface area (Å²) in [5, 5.41) is 2.36. The van der Waals surface area contributed by atoms with Crippen LogP contribution in [0.25, 0.3) is 0 Å². The quantitative estimate of drug-likeness (QED) is 0.677. The third-order valence-electron chi connectivity index (χ3n) is 1.68. The number of rotatable bonds is 0. The summed E-state index contributed by atoms with van der Waals surface area (Å²) in [5.41, 5.74) is -0.389. The van der Waals surface area contributed by atoms with Crippen molar-refractivity contribution in [2.45, 2.75) is 45.6 Å². The zero-order valence-electron chi connectivity index (χ0n) is 10.3. The summed E-state index contributed by atoms with van der Waals surface area (Å²) in [7, 11) is 1.54. The number of hydrogen-bond acceptors (Lipinski definition) is 3. The van der Waals surface area contributed by atoms with Crippen molar-refractivity contribution in [2.75, 3.05) is 20.3 Å². The second-order valence-electron chi connectivity index (χ2n) is 4.42. The van der Waals surface area contributed by atoms with Crippen molar-refractivity contribution in [3.63, 3.8) is 0 Å². The highest BCUT2D eigenvalue weighted by molar-refractivity contribution is 5.67. The topological polar surface area (TPSA) is 47.6 Å². The van der Waals surface area contributed by atoms with Crippen molar-refractivity contribution in [1.82, 2.24) is 5.32 Å². The molecular weight excluding hydrogens is 194 g/mol. The lowest BCUT2D eigenvalue weighted by Crippen LogP contribution is -2.30. The molecule has 1 rings (SSSR count). The van der Waals surface area contributed by atoms with Crippen LogP contribution < -0.4 is 5.32 Å². The third kappa shape index (κ3) is 11.2. The van der Waals surface area contributed by atoms with Gasteiger partial charge in [-0.1, -0.05) is 0 Å². The van der Waals surface area contributed by atoms with Gasteiger partial charge in [0.2, 0.25) is 0 Å². The van der Waals surface area contributed by atoms with Crippen LogP contribution in [0.3, 0.4) is 0 Å². The summed E-state index contributed by atoms with van der Waals surface area (Å²) in [4.78, 5) is 10.5. The molecule has 1 aliphatic heterocycles. The van der Waals surface area contributed by atoms with Crippen LogP contribution >= 0.6 is 0 Å². The lowest BCUT2D eigenvalue weighted by Gasteiger charge is -2.18. The minimum absolute atomic E-state index is 0.387. The Kier molecular flexibility index (Phi) is 7.13. The van der Waals surface area contributed by atoms with Crippen LogP contribution in [0.5, 0.6) is 0 Å². The third-order valence-corrected chi connectivity index (χ3v) is 1.68. The molecule has 90 valence electrons. The molecule has 0 aliphatic carbocycles. The molecule has 0 aromatic rings.